The zero-order valence-electron chi connectivity index (χ0n) is 21.6. The maximum atomic E-state index is 13.3. The molecule has 1 aliphatic carbocycles. The largest absolute Gasteiger partial charge is 0.378 e. The van der Waals surface area contributed by atoms with Gasteiger partial charge in [0.25, 0.3) is 5.91 Å². The number of carbonyl (C=O) groups is 2. The molecule has 0 spiro atoms. The highest BCUT2D eigenvalue weighted by Crippen LogP contribution is 2.26. The van der Waals surface area contributed by atoms with E-state index in [9.17, 15) is 14.9 Å². The fraction of sp³-hybridized carbons (Fsp3) is 0.536. The molecule has 3 fully saturated rings. The van der Waals surface area contributed by atoms with Crippen LogP contribution in [0.3, 0.4) is 0 Å². The van der Waals surface area contributed by atoms with Crippen molar-refractivity contribution in [3.05, 3.63) is 42.1 Å². The van der Waals surface area contributed by atoms with Gasteiger partial charge in [0.1, 0.15) is 17.4 Å². The van der Waals surface area contributed by atoms with Crippen LogP contribution in [0.5, 0.6) is 0 Å². The number of aromatic nitrogens is 2. The molecule has 1 aromatic carbocycles. The summed E-state index contributed by atoms with van der Waals surface area (Å²) in [4.78, 5) is 38.7. The normalized spacial score (nSPS) is 23.6. The van der Waals surface area contributed by atoms with Crippen molar-refractivity contribution >= 4 is 17.6 Å². The highest BCUT2D eigenvalue weighted by molar-refractivity contribution is 5.98. The fourth-order valence-corrected chi connectivity index (χ4v) is 5.48. The van der Waals surface area contributed by atoms with Crippen LogP contribution in [0, 0.1) is 11.3 Å². The van der Waals surface area contributed by atoms with E-state index in [0.29, 0.717) is 50.1 Å². The average molecular weight is 518 g/mol. The molecule has 10 heteroatoms. The molecule has 3 heterocycles. The molecule has 0 radical (unpaired) electrons. The third kappa shape index (κ3) is 6.11. The van der Waals surface area contributed by atoms with Crippen LogP contribution in [0.1, 0.15) is 48.9 Å². The molecule has 10 nitrogen and oxygen atoms in total. The highest BCUT2D eigenvalue weighted by atomic mass is 16.5. The summed E-state index contributed by atoms with van der Waals surface area (Å²) in [5.41, 5.74) is 1.38. The van der Waals surface area contributed by atoms with Crippen LogP contribution in [-0.4, -0.2) is 89.1 Å². The van der Waals surface area contributed by atoms with Crippen molar-refractivity contribution in [3.63, 3.8) is 0 Å². The minimum absolute atomic E-state index is 0.00925. The van der Waals surface area contributed by atoms with Crippen molar-refractivity contribution in [2.45, 2.75) is 56.7 Å². The number of nitriles is 1. The minimum atomic E-state index is -0.285. The van der Waals surface area contributed by atoms with Crippen molar-refractivity contribution in [3.8, 4) is 17.5 Å². The summed E-state index contributed by atoms with van der Waals surface area (Å²) in [5.74, 6) is 1.08. The number of hydrogen-bond acceptors (Lipinski definition) is 8. The Morgan fingerprint density at radius 1 is 1.03 bits per heavy atom. The molecule has 38 heavy (non-hydrogen) atoms. The Bertz CT molecular complexity index is 1150. The Hall–Kier alpha value is -3.55. The summed E-state index contributed by atoms with van der Waals surface area (Å²) in [6, 6.07) is 12.1. The van der Waals surface area contributed by atoms with Gasteiger partial charge in [-0.05, 0) is 38.5 Å². The first-order valence-electron chi connectivity index (χ1n) is 13.6. The summed E-state index contributed by atoms with van der Waals surface area (Å²) in [7, 11) is 0. The van der Waals surface area contributed by atoms with Crippen LogP contribution >= 0.6 is 0 Å². The maximum absolute atomic E-state index is 13.3. The van der Waals surface area contributed by atoms with E-state index >= 15 is 0 Å². The van der Waals surface area contributed by atoms with Crippen LogP contribution < -0.4 is 10.6 Å². The van der Waals surface area contributed by atoms with Crippen molar-refractivity contribution in [1.82, 2.24) is 25.1 Å². The Kier molecular flexibility index (Phi) is 8.46. The summed E-state index contributed by atoms with van der Waals surface area (Å²) >= 11 is 0. The first-order valence-corrected chi connectivity index (χ1v) is 13.6. The van der Waals surface area contributed by atoms with Gasteiger partial charge in [0.05, 0.1) is 25.8 Å². The second-order valence-electron chi connectivity index (χ2n) is 10.2. The second-order valence-corrected chi connectivity index (χ2v) is 10.2. The predicted molar refractivity (Wildman–Crippen MR) is 142 cm³/mol. The van der Waals surface area contributed by atoms with E-state index in [1.54, 1.807) is 16.0 Å². The summed E-state index contributed by atoms with van der Waals surface area (Å²) in [6.45, 7) is 3.12. The fourth-order valence-electron chi connectivity index (χ4n) is 5.48. The van der Waals surface area contributed by atoms with Crippen molar-refractivity contribution in [1.29, 1.82) is 5.26 Å². The molecular formula is C28H35N7O3. The summed E-state index contributed by atoms with van der Waals surface area (Å²) < 4.78 is 5.41. The van der Waals surface area contributed by atoms with Crippen LogP contribution in [0.15, 0.2) is 36.5 Å². The molecule has 0 bridgehead atoms. The van der Waals surface area contributed by atoms with Crippen LogP contribution in [-0.2, 0) is 9.53 Å². The van der Waals surface area contributed by atoms with Crippen LogP contribution in [0.25, 0.3) is 11.4 Å². The standard InChI is InChI=1S/C28H35N7O3/c29-17-23-7-4-12-35(23)25(36)19-30-21-8-10-22(11-9-21)32-27-24(28(37)34-13-15-38-16-14-34)18-31-26(33-27)20-5-2-1-3-6-20/h1-3,5-6,18,21-23,30H,4,7-16,19H2,(H,31,32,33)/t21?,22?,23-/m0/s1. The Morgan fingerprint density at radius 2 is 1.76 bits per heavy atom. The number of benzene rings is 1. The Balaban J connectivity index is 1.22. The van der Waals surface area contributed by atoms with Crippen molar-refractivity contribution < 1.29 is 14.3 Å². The third-order valence-corrected chi connectivity index (χ3v) is 7.68. The third-order valence-electron chi connectivity index (χ3n) is 7.68. The number of ether oxygens (including phenoxy) is 1. The maximum Gasteiger partial charge on any atom is 0.259 e. The molecule has 1 aromatic heterocycles. The predicted octanol–water partition coefficient (Wildman–Crippen LogP) is 2.44. The SMILES string of the molecule is N#C[C@@H]1CCCN1C(=O)CNC1CCC(Nc2nc(-c3ccccc3)ncc2C(=O)N2CCOCC2)CC1. The number of anilines is 1. The van der Waals surface area contributed by atoms with E-state index in [1.165, 1.54) is 0 Å². The number of nitrogens with one attached hydrogen (secondary N) is 2. The van der Waals surface area contributed by atoms with Gasteiger partial charge in [-0.15, -0.1) is 0 Å². The molecular weight excluding hydrogens is 482 g/mol. The molecule has 1 saturated carbocycles. The number of amides is 2. The lowest BCUT2D eigenvalue weighted by Crippen LogP contribution is -2.45. The Labute approximate surface area is 223 Å². The van der Waals surface area contributed by atoms with E-state index in [4.69, 9.17) is 9.72 Å². The zero-order chi connectivity index (χ0) is 26.3. The zero-order valence-corrected chi connectivity index (χ0v) is 21.6. The van der Waals surface area contributed by atoms with Crippen molar-refractivity contribution in [2.24, 2.45) is 0 Å². The molecule has 200 valence electrons. The first kappa shape index (κ1) is 26.1. The average Bonchev–Trinajstić information content (AvgIpc) is 3.46. The number of hydrogen-bond donors (Lipinski definition) is 2. The monoisotopic (exact) mass is 517 g/mol. The first-order chi connectivity index (χ1) is 18.6. The molecule has 2 amide bonds. The molecule has 2 aromatic rings. The van der Waals surface area contributed by atoms with Gasteiger partial charge in [-0.3, -0.25) is 9.59 Å². The number of morpholine rings is 1. The van der Waals surface area contributed by atoms with Crippen LogP contribution in [0.4, 0.5) is 5.82 Å². The summed E-state index contributed by atoms with van der Waals surface area (Å²) in [5, 5.41) is 16.2. The number of likely N-dealkylation sites (tertiary alicyclic amines) is 1. The topological polar surface area (TPSA) is 123 Å². The molecule has 2 N–H and O–H groups in total. The molecule has 5 rings (SSSR count). The number of nitrogens with zero attached hydrogens (tertiary/aromatic N) is 5. The van der Waals surface area contributed by atoms with Crippen LogP contribution in [0.2, 0.25) is 0 Å². The second kappa shape index (κ2) is 12.3. The van der Waals surface area contributed by atoms with Gasteiger partial charge < -0.3 is 25.2 Å². The number of rotatable bonds is 7. The molecule has 3 aliphatic rings. The van der Waals surface area contributed by atoms with Gasteiger partial charge in [-0.1, -0.05) is 30.3 Å². The molecule has 0 unspecified atom stereocenters. The van der Waals surface area contributed by atoms with Gasteiger partial charge in [0.15, 0.2) is 5.82 Å². The lowest BCUT2D eigenvalue weighted by molar-refractivity contribution is -0.130. The molecule has 2 saturated heterocycles. The summed E-state index contributed by atoms with van der Waals surface area (Å²) in [6.07, 6.45) is 6.92. The van der Waals surface area contributed by atoms with E-state index in [1.807, 2.05) is 30.3 Å². The van der Waals surface area contributed by atoms with E-state index in [-0.39, 0.29) is 36.5 Å². The lowest BCUT2D eigenvalue weighted by atomic mass is 9.91. The van der Waals surface area contributed by atoms with Gasteiger partial charge in [0, 0.05) is 43.5 Å². The molecule has 1 atom stereocenters. The van der Waals surface area contributed by atoms with E-state index in [2.05, 4.69) is 21.7 Å². The van der Waals surface area contributed by atoms with Gasteiger partial charge >= 0.3 is 0 Å². The molecule has 2 aliphatic heterocycles. The van der Waals surface area contributed by atoms with Gasteiger partial charge in [-0.2, -0.15) is 5.26 Å². The number of carbonyl (C=O) groups excluding carboxylic acids is 2. The Morgan fingerprint density at radius 3 is 2.50 bits per heavy atom. The smallest absolute Gasteiger partial charge is 0.259 e. The van der Waals surface area contributed by atoms with E-state index < -0.39 is 0 Å². The minimum Gasteiger partial charge on any atom is -0.378 e. The van der Waals surface area contributed by atoms with Gasteiger partial charge in [0.2, 0.25) is 5.91 Å². The highest BCUT2D eigenvalue weighted by Gasteiger charge is 2.30. The van der Waals surface area contributed by atoms with Crippen molar-refractivity contribution in [2.75, 3.05) is 44.7 Å². The van der Waals surface area contributed by atoms with E-state index in [0.717, 1.165) is 44.1 Å². The van der Waals surface area contributed by atoms with Gasteiger partial charge in [-0.25, -0.2) is 9.97 Å². The lowest BCUT2D eigenvalue weighted by Gasteiger charge is -2.31. The quantitative estimate of drug-likeness (QED) is 0.574.